The molecule has 0 aliphatic heterocycles. The number of rotatable bonds is 1. The maximum Gasteiger partial charge on any atom is 0.225 e. The van der Waals surface area contributed by atoms with Crippen LogP contribution in [0.5, 0.6) is 0 Å². The van der Waals surface area contributed by atoms with Crippen LogP contribution in [0.2, 0.25) is 0 Å². The minimum absolute atomic E-state index is 0.336. The van der Waals surface area contributed by atoms with Gasteiger partial charge in [0.1, 0.15) is 5.69 Å². The van der Waals surface area contributed by atoms with E-state index in [1.54, 1.807) is 12.3 Å². The molecule has 2 N–H and O–H groups in total. The zero-order chi connectivity index (χ0) is 9.42. The second-order valence-electron chi connectivity index (χ2n) is 2.63. The third-order valence-electron chi connectivity index (χ3n) is 1.83. The molecule has 2 aromatic heterocycles. The monoisotopic (exact) mass is 242 g/mol. The number of nitrogens with zero attached hydrogens (tertiary/aromatic N) is 1. The molecule has 0 fully saturated rings. The van der Waals surface area contributed by atoms with Crippen LogP contribution in [-0.4, -0.2) is 5.16 Å². The molecule has 0 unspecified atom stereocenters. The molecule has 0 aliphatic carbocycles. The van der Waals surface area contributed by atoms with Gasteiger partial charge in [-0.3, -0.25) is 0 Å². The Labute approximate surface area is 82.8 Å². The minimum atomic E-state index is 0.336. The van der Waals surface area contributed by atoms with E-state index >= 15 is 0 Å². The molecular weight excluding hydrogens is 236 g/mol. The van der Waals surface area contributed by atoms with E-state index in [1.807, 2.05) is 6.92 Å². The highest BCUT2D eigenvalue weighted by Gasteiger charge is 2.15. The van der Waals surface area contributed by atoms with Crippen LogP contribution in [0.1, 0.15) is 5.56 Å². The van der Waals surface area contributed by atoms with E-state index in [9.17, 15) is 0 Å². The van der Waals surface area contributed by atoms with E-state index < -0.39 is 0 Å². The third-order valence-corrected chi connectivity index (χ3v) is 2.45. The van der Waals surface area contributed by atoms with E-state index in [0.29, 0.717) is 16.2 Å². The van der Waals surface area contributed by atoms with Crippen molar-refractivity contribution in [1.82, 2.24) is 5.16 Å². The summed E-state index contributed by atoms with van der Waals surface area (Å²) >= 11 is 3.26. The molecule has 13 heavy (non-hydrogen) atoms. The summed E-state index contributed by atoms with van der Waals surface area (Å²) in [5, 5.41) is 3.83. The van der Waals surface area contributed by atoms with Gasteiger partial charge < -0.3 is 14.7 Å². The van der Waals surface area contributed by atoms with Crippen molar-refractivity contribution in [3.8, 4) is 11.3 Å². The highest BCUT2D eigenvalue weighted by molar-refractivity contribution is 9.10. The van der Waals surface area contributed by atoms with Gasteiger partial charge in [-0.05, 0) is 28.9 Å². The average Bonchev–Trinajstić information content (AvgIpc) is 2.62. The lowest BCUT2D eigenvalue weighted by Gasteiger charge is -1.91. The molecule has 0 amide bonds. The van der Waals surface area contributed by atoms with Gasteiger partial charge in [-0.2, -0.15) is 0 Å². The summed E-state index contributed by atoms with van der Waals surface area (Å²) in [7, 11) is 0. The van der Waals surface area contributed by atoms with Crippen molar-refractivity contribution in [2.75, 3.05) is 5.73 Å². The van der Waals surface area contributed by atoms with Gasteiger partial charge in [-0.25, -0.2) is 0 Å². The molecular formula is C8H7BrN2O2. The van der Waals surface area contributed by atoms with Crippen LogP contribution in [0.4, 0.5) is 5.88 Å². The topological polar surface area (TPSA) is 65.2 Å². The van der Waals surface area contributed by atoms with Gasteiger partial charge in [0.25, 0.3) is 0 Å². The van der Waals surface area contributed by atoms with Crippen molar-refractivity contribution in [2.24, 2.45) is 0 Å². The third kappa shape index (κ3) is 1.25. The number of hydrogen-bond acceptors (Lipinski definition) is 4. The van der Waals surface area contributed by atoms with Crippen LogP contribution in [-0.2, 0) is 0 Å². The fourth-order valence-electron chi connectivity index (χ4n) is 1.06. The van der Waals surface area contributed by atoms with Crippen LogP contribution in [0.15, 0.2) is 25.9 Å². The Kier molecular flexibility index (Phi) is 1.88. The van der Waals surface area contributed by atoms with Crippen molar-refractivity contribution < 1.29 is 8.94 Å². The van der Waals surface area contributed by atoms with E-state index in [2.05, 4.69) is 21.1 Å². The number of anilines is 1. The Morgan fingerprint density at radius 1 is 1.54 bits per heavy atom. The predicted octanol–water partition coefficient (Wildman–Crippen LogP) is 2.59. The quantitative estimate of drug-likeness (QED) is 0.835. The van der Waals surface area contributed by atoms with Gasteiger partial charge in [0.15, 0.2) is 4.67 Å². The lowest BCUT2D eigenvalue weighted by molar-refractivity contribution is 0.438. The second kappa shape index (κ2) is 2.92. The summed E-state index contributed by atoms with van der Waals surface area (Å²) in [5.41, 5.74) is 7.90. The summed E-state index contributed by atoms with van der Waals surface area (Å²) in [6.07, 6.45) is 1.57. The molecule has 0 aliphatic rings. The first-order valence-electron chi connectivity index (χ1n) is 3.65. The molecule has 68 valence electrons. The first-order chi connectivity index (χ1) is 6.20. The lowest BCUT2D eigenvalue weighted by atomic mass is 10.1. The smallest absolute Gasteiger partial charge is 0.225 e. The van der Waals surface area contributed by atoms with Crippen LogP contribution >= 0.6 is 15.9 Å². The van der Waals surface area contributed by atoms with Gasteiger partial charge in [-0.1, -0.05) is 5.16 Å². The number of nitrogens with two attached hydrogens (primary N) is 1. The van der Waals surface area contributed by atoms with Crippen molar-refractivity contribution in [2.45, 2.75) is 6.92 Å². The van der Waals surface area contributed by atoms with Crippen LogP contribution in [0.25, 0.3) is 11.3 Å². The first kappa shape index (κ1) is 8.37. The normalized spacial score (nSPS) is 10.6. The number of hydrogen-bond donors (Lipinski definition) is 1. The zero-order valence-electron chi connectivity index (χ0n) is 6.87. The van der Waals surface area contributed by atoms with Gasteiger partial charge in [0, 0.05) is 5.56 Å². The molecule has 0 bridgehead atoms. The molecule has 0 spiro atoms. The molecule has 0 aromatic carbocycles. The van der Waals surface area contributed by atoms with E-state index in [4.69, 9.17) is 14.7 Å². The fourth-order valence-corrected chi connectivity index (χ4v) is 1.49. The standard InChI is InChI=1S/C8H7BrN2O2/c1-4-6(11-13-8(4)10)5-2-3-12-7(5)9/h2-3H,10H2,1H3. The SMILES string of the molecule is Cc1c(-c2ccoc2Br)noc1N. The lowest BCUT2D eigenvalue weighted by Crippen LogP contribution is -1.84. The number of aromatic nitrogens is 1. The second-order valence-corrected chi connectivity index (χ2v) is 3.35. The molecule has 2 rings (SSSR count). The summed E-state index contributed by atoms with van der Waals surface area (Å²) in [5.74, 6) is 0.336. The van der Waals surface area contributed by atoms with E-state index in [-0.39, 0.29) is 0 Å². The fraction of sp³-hybridized carbons (Fsp3) is 0.125. The van der Waals surface area contributed by atoms with Gasteiger partial charge in [-0.15, -0.1) is 0 Å². The maximum atomic E-state index is 5.52. The van der Waals surface area contributed by atoms with Gasteiger partial charge >= 0.3 is 0 Å². The maximum absolute atomic E-state index is 5.52. The number of furan rings is 1. The molecule has 2 aromatic rings. The Hall–Kier alpha value is -1.23. The molecule has 0 saturated carbocycles. The van der Waals surface area contributed by atoms with Crippen LogP contribution in [0, 0.1) is 6.92 Å². The molecule has 2 heterocycles. The highest BCUT2D eigenvalue weighted by Crippen LogP contribution is 2.32. The predicted molar refractivity (Wildman–Crippen MR) is 51.1 cm³/mol. The molecule has 5 heteroatoms. The summed E-state index contributed by atoms with van der Waals surface area (Å²) in [4.78, 5) is 0. The van der Waals surface area contributed by atoms with Crippen molar-refractivity contribution in [3.05, 3.63) is 22.6 Å². The van der Waals surface area contributed by atoms with E-state index in [1.165, 1.54) is 0 Å². The largest absolute Gasteiger partial charge is 0.457 e. The van der Waals surface area contributed by atoms with Crippen molar-refractivity contribution in [1.29, 1.82) is 0 Å². The molecule has 0 radical (unpaired) electrons. The average molecular weight is 243 g/mol. The minimum Gasteiger partial charge on any atom is -0.457 e. The van der Waals surface area contributed by atoms with Gasteiger partial charge in [0.05, 0.1) is 11.8 Å². The zero-order valence-corrected chi connectivity index (χ0v) is 8.46. The first-order valence-corrected chi connectivity index (χ1v) is 4.44. The number of halogens is 1. The summed E-state index contributed by atoms with van der Waals surface area (Å²) in [6.45, 7) is 1.85. The highest BCUT2D eigenvalue weighted by atomic mass is 79.9. The van der Waals surface area contributed by atoms with E-state index in [0.717, 1.165) is 11.1 Å². The molecule has 4 nitrogen and oxygen atoms in total. The Morgan fingerprint density at radius 2 is 2.31 bits per heavy atom. The summed E-state index contributed by atoms with van der Waals surface area (Å²) in [6, 6.07) is 1.80. The Balaban J connectivity index is 2.59. The van der Waals surface area contributed by atoms with Crippen molar-refractivity contribution in [3.63, 3.8) is 0 Å². The Bertz CT molecular complexity index is 433. The number of nitrogen functional groups attached to an aromatic ring is 1. The van der Waals surface area contributed by atoms with Gasteiger partial charge in [0.2, 0.25) is 5.88 Å². The Morgan fingerprint density at radius 3 is 2.77 bits per heavy atom. The summed E-state index contributed by atoms with van der Waals surface area (Å²) < 4.78 is 10.5. The molecule has 0 atom stereocenters. The molecule has 0 saturated heterocycles. The van der Waals surface area contributed by atoms with Crippen molar-refractivity contribution >= 4 is 21.8 Å². The van der Waals surface area contributed by atoms with Crippen LogP contribution < -0.4 is 5.73 Å². The van der Waals surface area contributed by atoms with Crippen LogP contribution in [0.3, 0.4) is 0 Å².